The molecule has 1 heterocycles. The minimum Gasteiger partial charge on any atom is -0.486 e. The second-order valence-corrected chi connectivity index (χ2v) is 6.56. The molecule has 18 heavy (non-hydrogen) atoms. The predicted molar refractivity (Wildman–Crippen MR) is 66.1 cm³/mol. The summed E-state index contributed by atoms with van der Waals surface area (Å²) in [6, 6.07) is 4.70. The maximum atomic E-state index is 12.0. The summed E-state index contributed by atoms with van der Waals surface area (Å²) in [6.07, 6.45) is 1.05. The normalized spacial score (nSPS) is 16.1. The molecule has 1 atom stereocenters. The number of benzene rings is 1. The van der Waals surface area contributed by atoms with Crippen LogP contribution in [0.15, 0.2) is 18.2 Å². The average Bonchev–Trinajstić information content (AvgIpc) is 2.35. The van der Waals surface area contributed by atoms with E-state index in [0.717, 1.165) is 6.26 Å². The Morgan fingerprint density at radius 1 is 1.22 bits per heavy atom. The van der Waals surface area contributed by atoms with Gasteiger partial charge in [-0.25, -0.2) is 8.42 Å². The van der Waals surface area contributed by atoms with Crippen LogP contribution in [0, 0.1) is 0 Å². The van der Waals surface area contributed by atoms with Crippen LogP contribution in [0.25, 0.3) is 0 Å². The Morgan fingerprint density at radius 3 is 2.44 bits per heavy atom. The number of rotatable bonds is 3. The molecule has 1 aliphatic heterocycles. The number of ketones is 1. The van der Waals surface area contributed by atoms with Gasteiger partial charge in [-0.05, 0) is 25.1 Å². The van der Waals surface area contributed by atoms with E-state index in [4.69, 9.17) is 9.47 Å². The molecule has 5 nitrogen and oxygen atoms in total. The lowest BCUT2D eigenvalue weighted by molar-refractivity contribution is 0.0990. The molecule has 0 aromatic heterocycles. The van der Waals surface area contributed by atoms with E-state index in [9.17, 15) is 13.2 Å². The maximum Gasteiger partial charge on any atom is 0.180 e. The zero-order valence-corrected chi connectivity index (χ0v) is 11.0. The summed E-state index contributed by atoms with van der Waals surface area (Å²) in [4.78, 5) is 12.0. The van der Waals surface area contributed by atoms with Gasteiger partial charge in [0.2, 0.25) is 0 Å². The van der Waals surface area contributed by atoms with Crippen molar-refractivity contribution >= 4 is 15.6 Å². The molecule has 0 spiro atoms. The molecule has 0 aliphatic carbocycles. The number of hydrogen-bond donors (Lipinski definition) is 0. The molecule has 0 N–H and O–H groups in total. The van der Waals surface area contributed by atoms with Gasteiger partial charge in [0.25, 0.3) is 0 Å². The van der Waals surface area contributed by atoms with E-state index in [1.165, 1.54) is 13.0 Å². The first-order valence-corrected chi connectivity index (χ1v) is 7.48. The standard InChI is InChI=1S/C12H14O5S/c1-8(18(2,14)15)12(13)9-3-4-10-11(7-9)17-6-5-16-10/h3-4,7-8H,5-6H2,1-2H3. The van der Waals surface area contributed by atoms with Gasteiger partial charge < -0.3 is 9.47 Å². The molecule has 0 bridgehead atoms. The zero-order chi connectivity index (χ0) is 13.3. The van der Waals surface area contributed by atoms with Crippen LogP contribution in [0.2, 0.25) is 0 Å². The average molecular weight is 270 g/mol. The van der Waals surface area contributed by atoms with Crippen molar-refractivity contribution in [2.45, 2.75) is 12.2 Å². The van der Waals surface area contributed by atoms with Crippen molar-refractivity contribution in [2.24, 2.45) is 0 Å². The number of carbonyl (C=O) groups is 1. The van der Waals surface area contributed by atoms with Crippen molar-refractivity contribution < 1.29 is 22.7 Å². The van der Waals surface area contributed by atoms with Crippen molar-refractivity contribution in [3.63, 3.8) is 0 Å². The summed E-state index contributed by atoms with van der Waals surface area (Å²) in [5, 5.41) is -1.06. The van der Waals surface area contributed by atoms with E-state index in [-0.39, 0.29) is 0 Å². The van der Waals surface area contributed by atoms with E-state index < -0.39 is 20.9 Å². The van der Waals surface area contributed by atoms with Crippen molar-refractivity contribution in [1.82, 2.24) is 0 Å². The summed E-state index contributed by atoms with van der Waals surface area (Å²) >= 11 is 0. The summed E-state index contributed by atoms with van der Waals surface area (Å²) < 4.78 is 33.4. The summed E-state index contributed by atoms with van der Waals surface area (Å²) in [7, 11) is -3.39. The Balaban J connectivity index is 2.32. The van der Waals surface area contributed by atoms with Crippen molar-refractivity contribution in [1.29, 1.82) is 0 Å². The summed E-state index contributed by atoms with van der Waals surface area (Å²) in [5.41, 5.74) is 0.317. The highest BCUT2D eigenvalue weighted by molar-refractivity contribution is 7.92. The van der Waals surface area contributed by atoms with Crippen LogP contribution < -0.4 is 9.47 Å². The van der Waals surface area contributed by atoms with Gasteiger partial charge in [-0.3, -0.25) is 4.79 Å². The highest BCUT2D eigenvalue weighted by atomic mass is 32.2. The molecule has 0 radical (unpaired) electrons. The molecule has 0 saturated heterocycles. The number of sulfone groups is 1. The van der Waals surface area contributed by atoms with Crippen LogP contribution in [0.5, 0.6) is 11.5 Å². The van der Waals surface area contributed by atoms with Crippen LogP contribution in [-0.4, -0.2) is 38.9 Å². The lowest BCUT2D eigenvalue weighted by atomic mass is 10.1. The van der Waals surface area contributed by atoms with Crippen LogP contribution >= 0.6 is 0 Å². The molecule has 1 unspecified atom stereocenters. The Labute approximate surface area is 106 Å². The number of hydrogen-bond acceptors (Lipinski definition) is 5. The third-order valence-corrected chi connectivity index (χ3v) is 4.34. The molecule has 0 amide bonds. The van der Waals surface area contributed by atoms with E-state index in [0.29, 0.717) is 30.3 Å². The molecule has 6 heteroatoms. The van der Waals surface area contributed by atoms with Crippen LogP contribution in [0.4, 0.5) is 0 Å². The maximum absolute atomic E-state index is 12.0. The lowest BCUT2D eigenvalue weighted by Crippen LogP contribution is -2.26. The van der Waals surface area contributed by atoms with E-state index >= 15 is 0 Å². The zero-order valence-electron chi connectivity index (χ0n) is 10.2. The molecule has 1 aromatic carbocycles. The molecule has 1 aliphatic rings. The predicted octanol–water partition coefficient (Wildman–Crippen LogP) is 1.07. The summed E-state index contributed by atoms with van der Waals surface area (Å²) in [5.74, 6) is 0.618. The van der Waals surface area contributed by atoms with Gasteiger partial charge >= 0.3 is 0 Å². The highest BCUT2D eigenvalue weighted by Gasteiger charge is 2.26. The van der Waals surface area contributed by atoms with Gasteiger partial charge in [0.1, 0.15) is 18.5 Å². The first kappa shape index (κ1) is 12.9. The lowest BCUT2D eigenvalue weighted by Gasteiger charge is -2.19. The highest BCUT2D eigenvalue weighted by Crippen LogP contribution is 2.31. The van der Waals surface area contributed by atoms with Gasteiger partial charge in [-0.2, -0.15) is 0 Å². The van der Waals surface area contributed by atoms with E-state index in [2.05, 4.69) is 0 Å². The van der Waals surface area contributed by atoms with Crippen molar-refractivity contribution in [2.75, 3.05) is 19.5 Å². The van der Waals surface area contributed by atoms with Crippen LogP contribution in [0.3, 0.4) is 0 Å². The Kier molecular flexibility index (Phi) is 3.30. The van der Waals surface area contributed by atoms with Gasteiger partial charge in [-0.15, -0.1) is 0 Å². The van der Waals surface area contributed by atoms with Gasteiger partial charge in [0.15, 0.2) is 27.1 Å². The fourth-order valence-corrected chi connectivity index (χ4v) is 2.15. The number of Topliss-reactive ketones (excluding diaryl/α,β-unsaturated/α-hetero) is 1. The minimum absolute atomic E-state index is 0.317. The van der Waals surface area contributed by atoms with Crippen LogP contribution in [-0.2, 0) is 9.84 Å². The van der Waals surface area contributed by atoms with Crippen molar-refractivity contribution in [3.05, 3.63) is 23.8 Å². The quantitative estimate of drug-likeness (QED) is 0.768. The third-order valence-electron chi connectivity index (χ3n) is 2.84. The molecule has 0 saturated carbocycles. The van der Waals surface area contributed by atoms with E-state index in [1.807, 2.05) is 0 Å². The minimum atomic E-state index is -3.39. The fraction of sp³-hybridized carbons (Fsp3) is 0.417. The second-order valence-electron chi connectivity index (χ2n) is 4.19. The number of fused-ring (bicyclic) bond motifs is 1. The third kappa shape index (κ3) is 2.48. The smallest absolute Gasteiger partial charge is 0.180 e. The second kappa shape index (κ2) is 4.61. The van der Waals surface area contributed by atoms with Gasteiger partial charge in [0.05, 0.1) is 0 Å². The first-order valence-electron chi connectivity index (χ1n) is 5.52. The molecule has 0 fully saturated rings. The van der Waals surface area contributed by atoms with Gasteiger partial charge in [0, 0.05) is 11.8 Å². The molecular formula is C12H14O5S. The van der Waals surface area contributed by atoms with Crippen molar-refractivity contribution in [3.8, 4) is 11.5 Å². The number of ether oxygens (including phenoxy) is 2. The van der Waals surface area contributed by atoms with Gasteiger partial charge in [-0.1, -0.05) is 0 Å². The molecular weight excluding hydrogens is 256 g/mol. The molecule has 98 valence electrons. The Hall–Kier alpha value is -1.56. The molecule has 1 aromatic rings. The Morgan fingerprint density at radius 2 is 1.83 bits per heavy atom. The number of carbonyl (C=O) groups excluding carboxylic acids is 1. The molecule has 2 rings (SSSR count). The fourth-order valence-electron chi connectivity index (χ4n) is 1.63. The summed E-state index contributed by atoms with van der Waals surface area (Å²) in [6.45, 7) is 2.28. The largest absolute Gasteiger partial charge is 0.486 e. The van der Waals surface area contributed by atoms with E-state index in [1.54, 1.807) is 12.1 Å². The first-order chi connectivity index (χ1) is 8.39. The monoisotopic (exact) mass is 270 g/mol. The SMILES string of the molecule is CC(C(=O)c1ccc2c(c1)OCCO2)S(C)(=O)=O. The topological polar surface area (TPSA) is 69.7 Å². The van der Waals surface area contributed by atoms with Crippen LogP contribution in [0.1, 0.15) is 17.3 Å². The Bertz CT molecular complexity index is 576.